The second kappa shape index (κ2) is 6.20. The average molecular weight is 313 g/mol. The zero-order valence-corrected chi connectivity index (χ0v) is 11.1. The van der Waals surface area contributed by atoms with Crippen molar-refractivity contribution in [2.75, 3.05) is 0 Å². The van der Waals surface area contributed by atoms with Gasteiger partial charge in [-0.05, 0) is 29.8 Å². The first kappa shape index (κ1) is 16.1. The fourth-order valence-corrected chi connectivity index (χ4v) is 1.94. The number of hydrogen-bond donors (Lipinski definition) is 2. The van der Waals surface area contributed by atoms with Crippen LogP contribution in [0, 0.1) is 5.95 Å². The van der Waals surface area contributed by atoms with E-state index in [4.69, 9.17) is 5.84 Å². The highest BCUT2D eigenvalue weighted by Crippen LogP contribution is 2.30. The number of carbonyl (C=O) groups is 1. The van der Waals surface area contributed by atoms with Crippen molar-refractivity contribution in [3.8, 4) is 0 Å². The van der Waals surface area contributed by atoms with Crippen LogP contribution in [-0.4, -0.2) is 10.8 Å². The van der Waals surface area contributed by atoms with Gasteiger partial charge in [0.25, 0.3) is 0 Å². The monoisotopic (exact) mass is 313 g/mol. The molecule has 8 heteroatoms. The van der Waals surface area contributed by atoms with Gasteiger partial charge in [0, 0.05) is 11.8 Å². The minimum atomic E-state index is -4.56. The highest BCUT2D eigenvalue weighted by molar-refractivity contribution is 6.00. The predicted octanol–water partition coefficient (Wildman–Crippen LogP) is 2.63. The molecule has 0 aliphatic rings. The third kappa shape index (κ3) is 3.46. The van der Waals surface area contributed by atoms with Crippen LogP contribution in [0.5, 0.6) is 0 Å². The summed E-state index contributed by atoms with van der Waals surface area (Å²) in [5.74, 6) is 3.75. The van der Waals surface area contributed by atoms with Crippen LogP contribution in [0.1, 0.15) is 27.5 Å². The van der Waals surface area contributed by atoms with Gasteiger partial charge in [0.1, 0.15) is 6.04 Å². The number of halogens is 4. The number of hydrazine groups is 1. The maximum atomic E-state index is 13.1. The summed E-state index contributed by atoms with van der Waals surface area (Å²) in [5.41, 5.74) is 1.21. The number of ketones is 1. The lowest BCUT2D eigenvalue weighted by Crippen LogP contribution is -2.34. The Labute approximate surface area is 122 Å². The van der Waals surface area contributed by atoms with E-state index >= 15 is 0 Å². The van der Waals surface area contributed by atoms with Crippen LogP contribution in [0.2, 0.25) is 0 Å². The molecule has 0 fully saturated rings. The molecule has 1 unspecified atom stereocenters. The first-order valence-corrected chi connectivity index (χ1v) is 6.12. The minimum absolute atomic E-state index is 0.164. The summed E-state index contributed by atoms with van der Waals surface area (Å²) in [6, 6.07) is 5.09. The molecule has 3 N–H and O–H groups in total. The lowest BCUT2D eigenvalue weighted by atomic mass is 9.97. The molecule has 2 aromatic rings. The number of rotatable bonds is 4. The molecule has 0 saturated heterocycles. The quantitative estimate of drug-likeness (QED) is 0.299. The van der Waals surface area contributed by atoms with Crippen molar-refractivity contribution in [3.05, 3.63) is 65.2 Å². The second-order valence-electron chi connectivity index (χ2n) is 4.45. The van der Waals surface area contributed by atoms with E-state index in [0.29, 0.717) is 0 Å². The molecule has 0 radical (unpaired) electrons. The van der Waals surface area contributed by atoms with Crippen LogP contribution in [0.15, 0.2) is 42.6 Å². The number of nitrogens with two attached hydrogens (primary N) is 1. The van der Waals surface area contributed by atoms with Gasteiger partial charge in [0.2, 0.25) is 5.95 Å². The standard InChI is InChI=1S/C14H11F4N3O/c15-11-7-8(4-5-20-11)12(21-19)13(22)9-2-1-3-10(6-9)14(16,17)18/h1-7,12,21H,19H2. The molecule has 22 heavy (non-hydrogen) atoms. The van der Waals surface area contributed by atoms with E-state index in [-0.39, 0.29) is 11.1 Å². The number of hydrogen-bond acceptors (Lipinski definition) is 4. The van der Waals surface area contributed by atoms with Gasteiger partial charge in [-0.2, -0.15) is 17.6 Å². The Morgan fingerprint density at radius 1 is 1.23 bits per heavy atom. The molecule has 1 atom stereocenters. The van der Waals surface area contributed by atoms with Gasteiger partial charge in [0.15, 0.2) is 5.78 Å². The molecule has 0 amide bonds. The van der Waals surface area contributed by atoms with Crippen LogP contribution in [-0.2, 0) is 6.18 Å². The number of pyridine rings is 1. The van der Waals surface area contributed by atoms with Gasteiger partial charge in [0.05, 0.1) is 5.56 Å². The van der Waals surface area contributed by atoms with E-state index in [1.807, 2.05) is 0 Å². The highest BCUT2D eigenvalue weighted by atomic mass is 19.4. The summed E-state index contributed by atoms with van der Waals surface area (Å²) >= 11 is 0. The number of alkyl halides is 3. The molecule has 1 aromatic heterocycles. The van der Waals surface area contributed by atoms with Crippen LogP contribution in [0.25, 0.3) is 0 Å². The number of Topliss-reactive ketones (excluding diaryl/α,β-unsaturated/α-hetero) is 1. The first-order chi connectivity index (χ1) is 10.3. The lowest BCUT2D eigenvalue weighted by molar-refractivity contribution is -0.137. The summed E-state index contributed by atoms with van der Waals surface area (Å²) in [5, 5.41) is 0. The second-order valence-corrected chi connectivity index (χ2v) is 4.45. The van der Waals surface area contributed by atoms with Crippen molar-refractivity contribution in [3.63, 3.8) is 0 Å². The van der Waals surface area contributed by atoms with Gasteiger partial charge < -0.3 is 0 Å². The Balaban J connectivity index is 2.37. The molecular formula is C14H11F4N3O. The topological polar surface area (TPSA) is 68.0 Å². The molecule has 1 heterocycles. The van der Waals surface area contributed by atoms with E-state index in [9.17, 15) is 22.4 Å². The van der Waals surface area contributed by atoms with E-state index in [2.05, 4.69) is 10.4 Å². The summed E-state index contributed by atoms with van der Waals surface area (Å²) in [7, 11) is 0. The third-order valence-corrected chi connectivity index (χ3v) is 2.99. The van der Waals surface area contributed by atoms with Crippen molar-refractivity contribution < 1.29 is 22.4 Å². The predicted molar refractivity (Wildman–Crippen MR) is 70.0 cm³/mol. The van der Waals surface area contributed by atoms with Crippen molar-refractivity contribution in [2.24, 2.45) is 5.84 Å². The number of benzene rings is 1. The van der Waals surface area contributed by atoms with E-state index in [1.165, 1.54) is 12.1 Å². The molecule has 2 rings (SSSR count). The Hall–Kier alpha value is -2.32. The molecule has 1 aromatic carbocycles. The number of nitrogens with zero attached hydrogens (tertiary/aromatic N) is 1. The first-order valence-electron chi connectivity index (χ1n) is 6.12. The largest absolute Gasteiger partial charge is 0.416 e. The minimum Gasteiger partial charge on any atom is -0.292 e. The molecule has 0 aliphatic heterocycles. The summed E-state index contributed by atoms with van der Waals surface area (Å²) in [6.45, 7) is 0. The smallest absolute Gasteiger partial charge is 0.292 e. The van der Waals surface area contributed by atoms with Crippen molar-refractivity contribution in [1.82, 2.24) is 10.4 Å². The van der Waals surface area contributed by atoms with E-state index in [1.54, 1.807) is 0 Å². The van der Waals surface area contributed by atoms with E-state index < -0.39 is 29.5 Å². The van der Waals surface area contributed by atoms with Gasteiger partial charge in [-0.3, -0.25) is 10.6 Å². The fraction of sp³-hybridized carbons (Fsp3) is 0.143. The summed E-state index contributed by atoms with van der Waals surface area (Å²) in [6.07, 6.45) is -3.43. The van der Waals surface area contributed by atoms with Gasteiger partial charge in [-0.25, -0.2) is 10.4 Å². The van der Waals surface area contributed by atoms with Crippen LogP contribution in [0.3, 0.4) is 0 Å². The van der Waals surface area contributed by atoms with Crippen molar-refractivity contribution in [1.29, 1.82) is 0 Å². The molecule has 0 spiro atoms. The van der Waals surface area contributed by atoms with Crippen LogP contribution >= 0.6 is 0 Å². The molecular weight excluding hydrogens is 302 g/mol. The Kier molecular flexibility index (Phi) is 4.53. The normalized spacial score (nSPS) is 13.0. The molecule has 0 saturated carbocycles. The number of aromatic nitrogens is 1. The van der Waals surface area contributed by atoms with Crippen LogP contribution in [0.4, 0.5) is 17.6 Å². The number of carbonyl (C=O) groups excluding carboxylic acids is 1. The van der Waals surface area contributed by atoms with Gasteiger partial charge >= 0.3 is 6.18 Å². The van der Waals surface area contributed by atoms with Gasteiger partial charge in [-0.1, -0.05) is 12.1 Å². The van der Waals surface area contributed by atoms with Gasteiger partial charge in [-0.15, -0.1) is 0 Å². The molecule has 4 nitrogen and oxygen atoms in total. The molecule has 0 aliphatic carbocycles. The average Bonchev–Trinajstić information content (AvgIpc) is 2.47. The number of nitrogens with one attached hydrogen (secondary N) is 1. The third-order valence-electron chi connectivity index (χ3n) is 2.99. The fourth-order valence-electron chi connectivity index (χ4n) is 1.94. The lowest BCUT2D eigenvalue weighted by Gasteiger charge is -2.16. The highest BCUT2D eigenvalue weighted by Gasteiger charge is 2.31. The Morgan fingerprint density at radius 3 is 2.55 bits per heavy atom. The SMILES string of the molecule is NNC(C(=O)c1cccc(C(F)(F)F)c1)c1ccnc(F)c1. The zero-order valence-electron chi connectivity index (χ0n) is 11.1. The summed E-state index contributed by atoms with van der Waals surface area (Å²) in [4.78, 5) is 15.7. The molecule has 116 valence electrons. The Morgan fingerprint density at radius 2 is 1.95 bits per heavy atom. The molecule has 0 bridgehead atoms. The maximum absolute atomic E-state index is 13.1. The Bertz CT molecular complexity index is 688. The van der Waals surface area contributed by atoms with Crippen molar-refractivity contribution >= 4 is 5.78 Å². The maximum Gasteiger partial charge on any atom is 0.416 e. The zero-order chi connectivity index (χ0) is 16.3. The summed E-state index contributed by atoms with van der Waals surface area (Å²) < 4.78 is 51.2. The van der Waals surface area contributed by atoms with Crippen molar-refractivity contribution in [2.45, 2.75) is 12.2 Å². The van der Waals surface area contributed by atoms with Crippen LogP contribution < -0.4 is 11.3 Å². The van der Waals surface area contributed by atoms with E-state index in [0.717, 1.165) is 30.5 Å².